The van der Waals surface area contributed by atoms with Crippen molar-refractivity contribution < 1.29 is 13.8 Å². The Labute approximate surface area is 140 Å². The molecule has 0 unspecified atom stereocenters. The molecule has 1 amide bonds. The quantitative estimate of drug-likeness (QED) is 0.730. The lowest BCUT2D eigenvalue weighted by atomic mass is 10.1. The zero-order chi connectivity index (χ0) is 16.9. The van der Waals surface area contributed by atoms with Gasteiger partial charge in [-0.1, -0.05) is 42.5 Å². The number of para-hydroxylation sites is 1. The molecule has 1 aromatic heterocycles. The molecule has 0 aliphatic heterocycles. The van der Waals surface area contributed by atoms with Crippen molar-refractivity contribution in [1.29, 1.82) is 0 Å². The number of amides is 1. The van der Waals surface area contributed by atoms with Crippen LogP contribution in [0.3, 0.4) is 0 Å². The second-order valence-corrected chi connectivity index (χ2v) is 5.61. The van der Waals surface area contributed by atoms with E-state index in [1.54, 1.807) is 23.6 Å². The standard InChI is InChI=1S/C20H17FN2O/c1-15-7-5-11-18(21)20(15)22-19(24)14-23-12-6-10-17(13-23)16-8-3-2-4-9-16/h2-13H,14H2,1H3/p+1. The lowest BCUT2D eigenvalue weighted by molar-refractivity contribution is -0.683. The van der Waals surface area contributed by atoms with Crippen molar-refractivity contribution in [1.82, 2.24) is 0 Å². The molecule has 1 N–H and O–H groups in total. The van der Waals surface area contributed by atoms with Gasteiger partial charge in [0.1, 0.15) is 5.82 Å². The van der Waals surface area contributed by atoms with E-state index < -0.39 is 5.82 Å². The van der Waals surface area contributed by atoms with Crippen LogP contribution in [0, 0.1) is 12.7 Å². The molecule has 0 aliphatic rings. The van der Waals surface area contributed by atoms with Crippen LogP contribution in [0.15, 0.2) is 73.1 Å². The predicted octanol–water partition coefficient (Wildman–Crippen LogP) is 3.73. The number of hydrogen-bond donors (Lipinski definition) is 1. The number of hydrogen-bond acceptors (Lipinski definition) is 1. The molecular formula is C20H18FN2O+. The van der Waals surface area contributed by atoms with Crippen LogP contribution in [0.4, 0.5) is 10.1 Å². The lowest BCUT2D eigenvalue weighted by Gasteiger charge is -2.08. The molecule has 0 saturated carbocycles. The molecule has 4 heteroatoms. The van der Waals surface area contributed by atoms with Gasteiger partial charge in [0.25, 0.3) is 5.91 Å². The smallest absolute Gasteiger partial charge is 0.290 e. The van der Waals surface area contributed by atoms with Gasteiger partial charge >= 0.3 is 0 Å². The minimum atomic E-state index is -0.425. The molecule has 0 bridgehead atoms. The van der Waals surface area contributed by atoms with Crippen LogP contribution in [0.2, 0.25) is 0 Å². The summed E-state index contributed by atoms with van der Waals surface area (Å²) < 4.78 is 15.6. The third-order valence-corrected chi connectivity index (χ3v) is 3.78. The zero-order valence-corrected chi connectivity index (χ0v) is 13.4. The fourth-order valence-electron chi connectivity index (χ4n) is 2.56. The van der Waals surface area contributed by atoms with Gasteiger partial charge in [-0.2, -0.15) is 4.57 Å². The summed E-state index contributed by atoms with van der Waals surface area (Å²) in [7, 11) is 0. The van der Waals surface area contributed by atoms with E-state index in [4.69, 9.17) is 0 Å². The second-order valence-electron chi connectivity index (χ2n) is 5.61. The number of halogens is 1. The lowest BCUT2D eigenvalue weighted by Crippen LogP contribution is -2.39. The Kier molecular flexibility index (Phi) is 4.66. The van der Waals surface area contributed by atoms with Gasteiger partial charge < -0.3 is 5.32 Å². The van der Waals surface area contributed by atoms with Crippen molar-refractivity contribution in [2.75, 3.05) is 5.32 Å². The average Bonchev–Trinajstić information content (AvgIpc) is 2.59. The molecule has 3 nitrogen and oxygen atoms in total. The van der Waals surface area contributed by atoms with Crippen LogP contribution in [-0.2, 0) is 11.3 Å². The van der Waals surface area contributed by atoms with Gasteiger partial charge in [-0.3, -0.25) is 4.79 Å². The molecule has 0 aliphatic carbocycles. The topological polar surface area (TPSA) is 33.0 Å². The number of anilines is 1. The van der Waals surface area contributed by atoms with Crippen LogP contribution in [0.5, 0.6) is 0 Å². The highest BCUT2D eigenvalue weighted by Gasteiger charge is 2.14. The Morgan fingerprint density at radius 2 is 1.75 bits per heavy atom. The summed E-state index contributed by atoms with van der Waals surface area (Å²) in [5, 5.41) is 2.65. The largest absolute Gasteiger partial charge is 0.318 e. The second kappa shape index (κ2) is 7.04. The summed E-state index contributed by atoms with van der Waals surface area (Å²) in [4.78, 5) is 12.2. The summed E-state index contributed by atoms with van der Waals surface area (Å²) >= 11 is 0. The first kappa shape index (κ1) is 15.9. The monoisotopic (exact) mass is 321 g/mol. The summed E-state index contributed by atoms with van der Waals surface area (Å²) in [6.07, 6.45) is 3.73. The number of benzene rings is 2. The molecule has 0 fully saturated rings. The summed E-state index contributed by atoms with van der Waals surface area (Å²) in [5.41, 5.74) is 3.04. The summed E-state index contributed by atoms with van der Waals surface area (Å²) in [6.45, 7) is 1.89. The third kappa shape index (κ3) is 3.66. The van der Waals surface area contributed by atoms with E-state index in [-0.39, 0.29) is 18.1 Å². The average molecular weight is 321 g/mol. The Balaban J connectivity index is 1.76. The first-order valence-corrected chi connectivity index (χ1v) is 7.73. The molecule has 3 aromatic rings. The third-order valence-electron chi connectivity index (χ3n) is 3.78. The van der Waals surface area contributed by atoms with Gasteiger partial charge in [0.05, 0.1) is 5.69 Å². The molecule has 0 spiro atoms. The summed E-state index contributed by atoms with van der Waals surface area (Å²) in [6, 6.07) is 18.6. The minimum Gasteiger partial charge on any atom is -0.318 e. The molecule has 24 heavy (non-hydrogen) atoms. The van der Waals surface area contributed by atoms with E-state index in [0.717, 1.165) is 11.1 Å². The number of carbonyl (C=O) groups is 1. The van der Waals surface area contributed by atoms with Crippen molar-refractivity contribution in [3.05, 3.63) is 84.4 Å². The van der Waals surface area contributed by atoms with E-state index in [2.05, 4.69) is 5.32 Å². The molecule has 0 radical (unpaired) electrons. The zero-order valence-electron chi connectivity index (χ0n) is 13.4. The molecular weight excluding hydrogens is 303 g/mol. The number of pyridine rings is 1. The molecule has 3 rings (SSSR count). The number of aromatic nitrogens is 1. The van der Waals surface area contributed by atoms with Crippen molar-refractivity contribution in [3.8, 4) is 11.1 Å². The molecule has 0 saturated heterocycles. The number of aryl methyl sites for hydroxylation is 1. The Bertz CT molecular complexity index is 842. The first-order chi connectivity index (χ1) is 11.6. The minimum absolute atomic E-state index is 0.119. The van der Waals surface area contributed by atoms with Gasteiger partial charge in [-0.05, 0) is 30.2 Å². The number of nitrogens with zero attached hydrogens (tertiary/aromatic N) is 1. The molecule has 2 aromatic carbocycles. The van der Waals surface area contributed by atoms with Crippen molar-refractivity contribution in [3.63, 3.8) is 0 Å². The maximum absolute atomic E-state index is 13.8. The molecule has 1 heterocycles. The maximum atomic E-state index is 13.8. The van der Waals surface area contributed by atoms with E-state index in [9.17, 15) is 9.18 Å². The van der Waals surface area contributed by atoms with Crippen LogP contribution in [0.25, 0.3) is 11.1 Å². The SMILES string of the molecule is Cc1cccc(F)c1NC(=O)C[n+]1cccc(-c2ccccc2)c1. The van der Waals surface area contributed by atoms with Gasteiger partial charge in [0, 0.05) is 11.6 Å². The highest BCUT2D eigenvalue weighted by Crippen LogP contribution is 2.19. The van der Waals surface area contributed by atoms with E-state index in [1.165, 1.54) is 6.07 Å². The van der Waals surface area contributed by atoms with Gasteiger partial charge in [-0.15, -0.1) is 0 Å². The highest BCUT2D eigenvalue weighted by atomic mass is 19.1. The number of carbonyl (C=O) groups excluding carboxylic acids is 1. The maximum Gasteiger partial charge on any atom is 0.290 e. The Morgan fingerprint density at radius 1 is 1.00 bits per heavy atom. The van der Waals surface area contributed by atoms with Crippen LogP contribution in [0.1, 0.15) is 5.56 Å². The van der Waals surface area contributed by atoms with Crippen LogP contribution >= 0.6 is 0 Å². The van der Waals surface area contributed by atoms with Crippen molar-refractivity contribution >= 4 is 11.6 Å². The Hall–Kier alpha value is -3.01. The molecule has 120 valence electrons. The fraction of sp³-hybridized carbons (Fsp3) is 0.100. The van der Waals surface area contributed by atoms with Gasteiger partial charge in [0.2, 0.25) is 6.54 Å². The Morgan fingerprint density at radius 3 is 2.50 bits per heavy atom. The normalized spacial score (nSPS) is 10.4. The highest BCUT2D eigenvalue weighted by molar-refractivity contribution is 5.90. The predicted molar refractivity (Wildman–Crippen MR) is 91.8 cm³/mol. The number of nitrogens with one attached hydrogen (secondary N) is 1. The fourth-order valence-corrected chi connectivity index (χ4v) is 2.56. The van der Waals surface area contributed by atoms with Crippen molar-refractivity contribution in [2.24, 2.45) is 0 Å². The van der Waals surface area contributed by atoms with Gasteiger partial charge in [-0.25, -0.2) is 4.39 Å². The van der Waals surface area contributed by atoms with Gasteiger partial charge in [0.15, 0.2) is 12.4 Å². The van der Waals surface area contributed by atoms with E-state index in [0.29, 0.717) is 5.56 Å². The first-order valence-electron chi connectivity index (χ1n) is 7.73. The number of rotatable bonds is 4. The van der Waals surface area contributed by atoms with E-state index >= 15 is 0 Å². The molecule has 0 atom stereocenters. The summed E-state index contributed by atoms with van der Waals surface area (Å²) in [5.74, 6) is -0.690. The van der Waals surface area contributed by atoms with E-state index in [1.807, 2.05) is 54.9 Å². The van der Waals surface area contributed by atoms with Crippen LogP contribution in [-0.4, -0.2) is 5.91 Å². The van der Waals surface area contributed by atoms with Crippen LogP contribution < -0.4 is 9.88 Å². The van der Waals surface area contributed by atoms with Crippen molar-refractivity contribution in [2.45, 2.75) is 13.5 Å².